The van der Waals surface area contributed by atoms with Crippen LogP contribution in [-0.4, -0.2) is 57.7 Å². The molecule has 0 atom stereocenters. The molecular weight excluding hydrogens is 292 g/mol. The van der Waals surface area contributed by atoms with E-state index >= 15 is 0 Å². The van der Waals surface area contributed by atoms with Crippen molar-refractivity contribution in [1.82, 2.24) is 4.31 Å². The zero-order chi connectivity index (χ0) is 15.5. The zero-order valence-corrected chi connectivity index (χ0v) is 13.1. The lowest BCUT2D eigenvalue weighted by Gasteiger charge is -2.34. The van der Waals surface area contributed by atoms with Crippen LogP contribution >= 0.6 is 0 Å². The fourth-order valence-electron chi connectivity index (χ4n) is 2.30. The number of carbonyl (C=O) groups is 1. The maximum Gasteiger partial charge on any atom is 0.338 e. The summed E-state index contributed by atoms with van der Waals surface area (Å²) in [6, 6.07) is 7.19. The van der Waals surface area contributed by atoms with E-state index in [4.69, 9.17) is 4.74 Å². The Balaban J connectivity index is 2.00. The van der Waals surface area contributed by atoms with Gasteiger partial charge in [-0.05, 0) is 31.2 Å². The van der Waals surface area contributed by atoms with Crippen molar-refractivity contribution in [3.8, 4) is 0 Å². The maximum atomic E-state index is 11.6. The molecule has 0 N–H and O–H groups in total. The lowest BCUT2D eigenvalue weighted by atomic mass is 10.2. The van der Waals surface area contributed by atoms with E-state index in [9.17, 15) is 13.2 Å². The van der Waals surface area contributed by atoms with Gasteiger partial charge in [0.25, 0.3) is 0 Å². The third kappa shape index (κ3) is 3.95. The topological polar surface area (TPSA) is 66.9 Å². The monoisotopic (exact) mass is 312 g/mol. The van der Waals surface area contributed by atoms with Crippen LogP contribution in [0.2, 0.25) is 0 Å². The molecule has 0 aromatic heterocycles. The molecule has 1 aliphatic heterocycles. The van der Waals surface area contributed by atoms with Gasteiger partial charge in [0, 0.05) is 31.9 Å². The van der Waals surface area contributed by atoms with Gasteiger partial charge in [0.15, 0.2) is 0 Å². The summed E-state index contributed by atoms with van der Waals surface area (Å²) in [7, 11) is -3.11. The summed E-state index contributed by atoms with van der Waals surface area (Å²) in [5.41, 5.74) is 1.51. The molecule has 0 bridgehead atoms. The van der Waals surface area contributed by atoms with E-state index in [0.717, 1.165) is 5.69 Å². The summed E-state index contributed by atoms with van der Waals surface area (Å²) < 4.78 is 29.4. The number of nitrogens with zero attached hydrogens (tertiary/aromatic N) is 2. The molecule has 0 radical (unpaired) electrons. The molecule has 1 fully saturated rings. The van der Waals surface area contributed by atoms with Gasteiger partial charge in [-0.3, -0.25) is 0 Å². The number of sulfonamides is 1. The largest absolute Gasteiger partial charge is 0.462 e. The quantitative estimate of drug-likeness (QED) is 0.774. The Morgan fingerprint density at radius 3 is 2.19 bits per heavy atom. The summed E-state index contributed by atoms with van der Waals surface area (Å²) in [5, 5.41) is 0. The van der Waals surface area contributed by atoms with Crippen molar-refractivity contribution in [2.45, 2.75) is 6.92 Å². The van der Waals surface area contributed by atoms with Crippen LogP contribution in [0.25, 0.3) is 0 Å². The first kappa shape index (κ1) is 15.8. The SMILES string of the molecule is CCOC(=O)c1ccc(N2CCN(S(C)(=O)=O)CC2)cc1. The van der Waals surface area contributed by atoms with E-state index in [1.165, 1.54) is 10.6 Å². The average molecular weight is 312 g/mol. The molecule has 0 spiro atoms. The van der Waals surface area contributed by atoms with Gasteiger partial charge in [-0.15, -0.1) is 0 Å². The fraction of sp³-hybridized carbons (Fsp3) is 0.500. The van der Waals surface area contributed by atoms with Crippen molar-refractivity contribution in [2.24, 2.45) is 0 Å². The fourth-order valence-corrected chi connectivity index (χ4v) is 3.13. The van der Waals surface area contributed by atoms with E-state index in [1.54, 1.807) is 19.1 Å². The number of hydrogen-bond donors (Lipinski definition) is 0. The second kappa shape index (κ2) is 6.44. The van der Waals surface area contributed by atoms with Gasteiger partial charge in [0.1, 0.15) is 0 Å². The van der Waals surface area contributed by atoms with Crippen molar-refractivity contribution in [3.05, 3.63) is 29.8 Å². The molecule has 6 nitrogen and oxygen atoms in total. The predicted molar refractivity (Wildman–Crippen MR) is 81.0 cm³/mol. The summed E-state index contributed by atoms with van der Waals surface area (Å²) in [4.78, 5) is 13.7. The van der Waals surface area contributed by atoms with Crippen LogP contribution in [0, 0.1) is 0 Å². The van der Waals surface area contributed by atoms with Gasteiger partial charge in [-0.25, -0.2) is 13.2 Å². The number of carbonyl (C=O) groups excluding carboxylic acids is 1. The van der Waals surface area contributed by atoms with Gasteiger partial charge in [0.05, 0.1) is 18.4 Å². The van der Waals surface area contributed by atoms with Gasteiger partial charge >= 0.3 is 5.97 Å². The predicted octanol–water partition coefficient (Wildman–Crippen LogP) is 0.945. The van der Waals surface area contributed by atoms with Crippen LogP contribution in [-0.2, 0) is 14.8 Å². The van der Waals surface area contributed by atoms with Crippen LogP contribution < -0.4 is 4.90 Å². The number of benzene rings is 1. The third-order valence-electron chi connectivity index (χ3n) is 3.45. The number of hydrogen-bond acceptors (Lipinski definition) is 5. The number of piperazine rings is 1. The molecule has 7 heteroatoms. The molecule has 0 aliphatic carbocycles. The Bertz CT molecular complexity index is 590. The molecule has 1 saturated heterocycles. The number of ether oxygens (including phenoxy) is 1. The smallest absolute Gasteiger partial charge is 0.338 e. The summed E-state index contributed by atoms with van der Waals surface area (Å²) >= 11 is 0. The van der Waals surface area contributed by atoms with Crippen molar-refractivity contribution >= 4 is 21.7 Å². The molecule has 1 aromatic rings. The molecular formula is C14H20N2O4S. The minimum atomic E-state index is -3.11. The van der Waals surface area contributed by atoms with Crippen LogP contribution in [0.3, 0.4) is 0 Å². The van der Waals surface area contributed by atoms with Crippen molar-refractivity contribution in [3.63, 3.8) is 0 Å². The highest BCUT2D eigenvalue weighted by Gasteiger charge is 2.23. The Morgan fingerprint density at radius 1 is 1.14 bits per heavy atom. The standard InChI is InChI=1S/C14H20N2O4S/c1-3-20-14(17)12-4-6-13(7-5-12)15-8-10-16(11-9-15)21(2,18)19/h4-7H,3,8-11H2,1-2H3. The van der Waals surface area contributed by atoms with Gasteiger partial charge < -0.3 is 9.64 Å². The molecule has 21 heavy (non-hydrogen) atoms. The second-order valence-electron chi connectivity index (χ2n) is 4.92. The molecule has 0 saturated carbocycles. The highest BCUT2D eigenvalue weighted by Crippen LogP contribution is 2.18. The molecule has 2 rings (SSSR count). The lowest BCUT2D eigenvalue weighted by molar-refractivity contribution is 0.0526. The maximum absolute atomic E-state index is 11.6. The normalized spacial score (nSPS) is 16.8. The average Bonchev–Trinajstić information content (AvgIpc) is 2.47. The molecule has 1 heterocycles. The molecule has 0 amide bonds. The minimum absolute atomic E-state index is 0.328. The minimum Gasteiger partial charge on any atom is -0.462 e. The van der Waals surface area contributed by atoms with E-state index in [0.29, 0.717) is 38.3 Å². The first-order valence-electron chi connectivity index (χ1n) is 6.89. The van der Waals surface area contributed by atoms with Crippen LogP contribution in [0.4, 0.5) is 5.69 Å². The van der Waals surface area contributed by atoms with Gasteiger partial charge in [-0.2, -0.15) is 4.31 Å². The van der Waals surface area contributed by atoms with Crippen LogP contribution in [0.15, 0.2) is 24.3 Å². The number of esters is 1. The number of rotatable bonds is 4. The highest BCUT2D eigenvalue weighted by atomic mass is 32.2. The van der Waals surface area contributed by atoms with Crippen molar-refractivity contribution < 1.29 is 17.9 Å². The van der Waals surface area contributed by atoms with Crippen molar-refractivity contribution in [1.29, 1.82) is 0 Å². The number of anilines is 1. The van der Waals surface area contributed by atoms with E-state index in [1.807, 2.05) is 12.1 Å². The molecule has 116 valence electrons. The Hall–Kier alpha value is -1.60. The van der Waals surface area contributed by atoms with Crippen LogP contribution in [0.1, 0.15) is 17.3 Å². The first-order chi connectivity index (χ1) is 9.91. The van der Waals surface area contributed by atoms with E-state index in [-0.39, 0.29) is 5.97 Å². The molecule has 1 aliphatic rings. The highest BCUT2D eigenvalue weighted by molar-refractivity contribution is 7.88. The zero-order valence-electron chi connectivity index (χ0n) is 12.3. The van der Waals surface area contributed by atoms with Gasteiger partial charge in [-0.1, -0.05) is 0 Å². The van der Waals surface area contributed by atoms with Crippen LogP contribution in [0.5, 0.6) is 0 Å². The second-order valence-corrected chi connectivity index (χ2v) is 6.90. The summed E-state index contributed by atoms with van der Waals surface area (Å²) in [6.07, 6.45) is 1.23. The lowest BCUT2D eigenvalue weighted by Crippen LogP contribution is -2.48. The Morgan fingerprint density at radius 2 is 1.71 bits per heavy atom. The first-order valence-corrected chi connectivity index (χ1v) is 8.74. The van der Waals surface area contributed by atoms with E-state index < -0.39 is 10.0 Å². The third-order valence-corrected chi connectivity index (χ3v) is 4.75. The summed E-state index contributed by atoms with van der Waals surface area (Å²) in [5.74, 6) is -0.328. The molecule has 1 aromatic carbocycles. The Kier molecular flexibility index (Phi) is 4.84. The Labute approximate surface area is 125 Å². The molecule has 0 unspecified atom stereocenters. The van der Waals surface area contributed by atoms with Crippen molar-refractivity contribution in [2.75, 3.05) is 43.9 Å². The summed E-state index contributed by atoms with van der Waals surface area (Å²) in [6.45, 7) is 4.39. The van der Waals surface area contributed by atoms with Gasteiger partial charge in [0.2, 0.25) is 10.0 Å². The van der Waals surface area contributed by atoms with E-state index in [2.05, 4.69) is 4.90 Å².